The number of carboxylic acid groups (broad SMARTS) is 1. The number of nitrogens with one attached hydrogen (secondary N) is 2. The monoisotopic (exact) mass is 601 g/mol. The minimum Gasteiger partial charge on any atom is -0.480 e. The number of alkyl carbamates (subject to hydrolysis) is 1. The number of unbranched alkanes of at least 4 members (excludes halogenated alkanes) is 1. The Morgan fingerprint density at radius 3 is 2.09 bits per heavy atom. The van der Waals surface area contributed by atoms with Gasteiger partial charge >= 0.3 is 18.2 Å². The first-order valence-corrected chi connectivity index (χ1v) is 14.6. The Labute approximate surface area is 257 Å². The van der Waals surface area contributed by atoms with Crippen molar-refractivity contribution in [1.82, 2.24) is 10.6 Å². The molecule has 10 nitrogen and oxygen atoms in total. The second-order valence-corrected chi connectivity index (χ2v) is 11.7. The minimum atomic E-state index is -1.17. The molecule has 0 radical (unpaired) electrons. The average Bonchev–Trinajstić information content (AvgIpc) is 3.31. The Morgan fingerprint density at radius 2 is 1.48 bits per heavy atom. The zero-order valence-corrected chi connectivity index (χ0v) is 25.5. The first-order valence-electron chi connectivity index (χ1n) is 14.6. The van der Waals surface area contributed by atoms with E-state index < -0.39 is 29.8 Å². The second kappa shape index (κ2) is 14.1. The molecule has 0 spiro atoms. The van der Waals surface area contributed by atoms with E-state index in [1.807, 2.05) is 48.5 Å². The van der Waals surface area contributed by atoms with Crippen molar-refractivity contribution in [3.8, 4) is 11.1 Å². The van der Waals surface area contributed by atoms with Crippen LogP contribution < -0.4 is 15.5 Å². The number of anilines is 1. The fraction of sp³-hybridized carbons (Fsp3) is 0.353. The minimum absolute atomic E-state index is 0.0861. The van der Waals surface area contributed by atoms with Crippen LogP contribution in [0.25, 0.3) is 11.1 Å². The lowest BCUT2D eigenvalue weighted by Gasteiger charge is -2.25. The Hall–Kier alpha value is -4.86. The van der Waals surface area contributed by atoms with Crippen LogP contribution in [0.5, 0.6) is 0 Å². The number of fused-ring (bicyclic) bond motifs is 3. The molecule has 3 aromatic carbocycles. The molecular formula is C34H39N3O7. The molecule has 0 heterocycles. The van der Waals surface area contributed by atoms with E-state index in [9.17, 15) is 24.3 Å². The summed E-state index contributed by atoms with van der Waals surface area (Å²) < 4.78 is 10.9. The molecule has 0 saturated carbocycles. The zero-order valence-electron chi connectivity index (χ0n) is 25.5. The predicted molar refractivity (Wildman–Crippen MR) is 167 cm³/mol. The summed E-state index contributed by atoms with van der Waals surface area (Å²) in [6.07, 6.45) is -0.306. The van der Waals surface area contributed by atoms with Crippen molar-refractivity contribution in [2.45, 2.75) is 57.6 Å². The second-order valence-electron chi connectivity index (χ2n) is 11.7. The molecule has 0 aliphatic heterocycles. The lowest BCUT2D eigenvalue weighted by atomic mass is 9.98. The van der Waals surface area contributed by atoms with Crippen LogP contribution in [-0.2, 0) is 14.3 Å². The molecule has 44 heavy (non-hydrogen) atoms. The van der Waals surface area contributed by atoms with Gasteiger partial charge in [-0.1, -0.05) is 60.7 Å². The lowest BCUT2D eigenvalue weighted by molar-refractivity contribution is -0.139. The summed E-state index contributed by atoms with van der Waals surface area (Å²) in [5, 5.41) is 14.9. The number of nitrogens with zero attached hydrogens (tertiary/aromatic N) is 1. The summed E-state index contributed by atoms with van der Waals surface area (Å²) >= 11 is 0. The number of ether oxygens (including phenoxy) is 2. The van der Waals surface area contributed by atoms with E-state index in [2.05, 4.69) is 10.6 Å². The summed E-state index contributed by atoms with van der Waals surface area (Å²) in [5.74, 6) is -1.67. The van der Waals surface area contributed by atoms with Crippen LogP contribution in [-0.4, -0.2) is 61.0 Å². The molecule has 10 heteroatoms. The van der Waals surface area contributed by atoms with Gasteiger partial charge in [-0.05, 0) is 74.4 Å². The van der Waals surface area contributed by atoms with Crippen molar-refractivity contribution in [3.63, 3.8) is 0 Å². The van der Waals surface area contributed by atoms with Crippen LogP contribution in [0.15, 0.2) is 72.8 Å². The van der Waals surface area contributed by atoms with Gasteiger partial charge in [0.15, 0.2) is 0 Å². The van der Waals surface area contributed by atoms with Crippen molar-refractivity contribution in [1.29, 1.82) is 0 Å². The van der Waals surface area contributed by atoms with Gasteiger partial charge in [0.25, 0.3) is 5.91 Å². The quantitative estimate of drug-likeness (QED) is 0.231. The van der Waals surface area contributed by atoms with Gasteiger partial charge in [-0.25, -0.2) is 14.4 Å². The Bertz CT molecular complexity index is 1470. The maximum Gasteiger partial charge on any atom is 0.414 e. The van der Waals surface area contributed by atoms with Gasteiger partial charge in [0.05, 0.1) is 11.3 Å². The van der Waals surface area contributed by atoms with Gasteiger partial charge < -0.3 is 25.2 Å². The third kappa shape index (κ3) is 7.94. The number of rotatable bonds is 11. The maximum atomic E-state index is 12.9. The highest BCUT2D eigenvalue weighted by atomic mass is 16.6. The SMILES string of the molecule is CN(C(=O)OC(C)(C)C)c1ccccc1C(=O)NCCCC[C@@H](NC(=O)OCC1c2ccccc2-c2ccccc21)C(=O)O. The molecule has 232 valence electrons. The molecule has 0 aromatic heterocycles. The van der Waals surface area contributed by atoms with Gasteiger partial charge in [0, 0.05) is 19.5 Å². The highest BCUT2D eigenvalue weighted by molar-refractivity contribution is 6.03. The predicted octanol–water partition coefficient (Wildman–Crippen LogP) is 5.95. The van der Waals surface area contributed by atoms with Crippen molar-refractivity contribution in [3.05, 3.63) is 89.5 Å². The molecule has 0 saturated heterocycles. The number of benzene rings is 3. The molecule has 1 aliphatic rings. The van der Waals surface area contributed by atoms with Crippen molar-refractivity contribution in [2.24, 2.45) is 0 Å². The first kappa shape index (κ1) is 32.1. The molecule has 3 amide bonds. The fourth-order valence-electron chi connectivity index (χ4n) is 5.20. The number of carbonyl (C=O) groups excluding carboxylic acids is 3. The number of hydrogen-bond acceptors (Lipinski definition) is 6. The van der Waals surface area contributed by atoms with E-state index >= 15 is 0 Å². The number of hydrogen-bond donors (Lipinski definition) is 3. The molecule has 0 unspecified atom stereocenters. The van der Waals surface area contributed by atoms with E-state index in [0.717, 1.165) is 22.3 Å². The van der Waals surface area contributed by atoms with E-state index in [1.165, 1.54) is 11.9 Å². The van der Waals surface area contributed by atoms with Crippen molar-refractivity contribution >= 4 is 29.8 Å². The summed E-state index contributed by atoms with van der Waals surface area (Å²) in [6.45, 7) is 5.65. The smallest absolute Gasteiger partial charge is 0.414 e. The zero-order chi connectivity index (χ0) is 31.9. The van der Waals surface area contributed by atoms with Gasteiger partial charge in [0.1, 0.15) is 18.2 Å². The first-order chi connectivity index (χ1) is 21.0. The Kier molecular flexibility index (Phi) is 10.3. The molecule has 3 aromatic rings. The molecule has 1 atom stereocenters. The Morgan fingerprint density at radius 1 is 0.886 bits per heavy atom. The van der Waals surface area contributed by atoms with Gasteiger partial charge in [0.2, 0.25) is 0 Å². The highest BCUT2D eigenvalue weighted by Gasteiger charge is 2.30. The topological polar surface area (TPSA) is 134 Å². The maximum absolute atomic E-state index is 12.9. The van der Waals surface area contributed by atoms with Gasteiger partial charge in [-0.3, -0.25) is 9.69 Å². The van der Waals surface area contributed by atoms with Crippen LogP contribution in [0.2, 0.25) is 0 Å². The number of carboxylic acids is 1. The van der Waals surface area contributed by atoms with E-state index in [-0.39, 0.29) is 31.4 Å². The largest absolute Gasteiger partial charge is 0.480 e. The number of carbonyl (C=O) groups is 4. The summed E-state index contributed by atoms with van der Waals surface area (Å²) in [7, 11) is 1.54. The summed E-state index contributed by atoms with van der Waals surface area (Å²) in [5.41, 5.74) is 4.36. The van der Waals surface area contributed by atoms with E-state index in [0.29, 0.717) is 24.1 Å². The highest BCUT2D eigenvalue weighted by Crippen LogP contribution is 2.44. The van der Waals surface area contributed by atoms with E-state index in [4.69, 9.17) is 9.47 Å². The molecule has 0 bridgehead atoms. The van der Waals surface area contributed by atoms with Crippen LogP contribution in [0.3, 0.4) is 0 Å². The van der Waals surface area contributed by atoms with Crippen molar-refractivity contribution in [2.75, 3.05) is 25.1 Å². The fourth-order valence-corrected chi connectivity index (χ4v) is 5.20. The van der Waals surface area contributed by atoms with Crippen LogP contribution in [0.1, 0.15) is 67.4 Å². The molecule has 0 fully saturated rings. The van der Waals surface area contributed by atoms with Crippen LogP contribution in [0, 0.1) is 0 Å². The third-order valence-electron chi connectivity index (χ3n) is 7.32. The average molecular weight is 602 g/mol. The van der Waals surface area contributed by atoms with Gasteiger partial charge in [-0.15, -0.1) is 0 Å². The normalized spacial score (nSPS) is 12.8. The van der Waals surface area contributed by atoms with Crippen molar-refractivity contribution < 1.29 is 33.8 Å². The van der Waals surface area contributed by atoms with Gasteiger partial charge in [-0.2, -0.15) is 0 Å². The lowest BCUT2D eigenvalue weighted by Crippen LogP contribution is -2.41. The van der Waals surface area contributed by atoms with Crippen LogP contribution >= 0.6 is 0 Å². The van der Waals surface area contributed by atoms with E-state index in [1.54, 1.807) is 45.0 Å². The van der Waals surface area contributed by atoms with Crippen LogP contribution in [0.4, 0.5) is 15.3 Å². The number of amides is 3. The summed E-state index contributed by atoms with van der Waals surface area (Å²) in [4.78, 5) is 51.1. The Balaban J connectivity index is 1.24. The number of para-hydroxylation sites is 1. The molecule has 1 aliphatic carbocycles. The molecular weight excluding hydrogens is 562 g/mol. The molecule has 4 rings (SSSR count). The molecule has 3 N–H and O–H groups in total. The summed E-state index contributed by atoms with van der Waals surface area (Å²) in [6, 6.07) is 21.5. The number of aliphatic carboxylic acids is 1. The third-order valence-corrected chi connectivity index (χ3v) is 7.32. The standard InChI is InChI=1S/C34H39N3O7/c1-34(2,3)44-33(42)37(4)29-19-10-9-17-26(29)30(38)35-20-12-11-18-28(31(39)40)36-32(41)43-21-27-24-15-7-5-13-22(24)23-14-6-8-16-25(23)27/h5-10,13-17,19,27-28H,11-12,18,20-21H2,1-4H3,(H,35,38)(H,36,41)(H,39,40)/t28-/m1/s1.